The number of aliphatic hydroxyl groups is 1. The van der Waals surface area contributed by atoms with E-state index in [0.717, 1.165) is 34.6 Å². The fraction of sp³-hybridized carbons (Fsp3) is 0.684. The second-order valence-corrected chi connectivity index (χ2v) is 7.27. The van der Waals surface area contributed by atoms with E-state index in [1.54, 1.807) is 0 Å². The molecule has 3 N–H and O–H groups in total. The number of carbonyl (C=O) groups excluding carboxylic acids is 5. The number of carbonyl (C=O) groups is 6. The maximum Gasteiger partial charge on any atom is 0.364 e. The molecule has 1 fully saturated rings. The number of amides is 1. The Balaban J connectivity index is 3.60. The first-order valence-electron chi connectivity index (χ1n) is 9.72. The molecule has 0 aromatic rings. The Labute approximate surface area is 188 Å². The minimum absolute atomic E-state index is 0.650. The van der Waals surface area contributed by atoms with Crippen molar-refractivity contribution >= 4 is 35.8 Å². The number of esters is 4. The maximum absolute atomic E-state index is 11.8. The van der Waals surface area contributed by atoms with Gasteiger partial charge in [-0.2, -0.15) is 0 Å². The van der Waals surface area contributed by atoms with E-state index < -0.39 is 85.0 Å². The van der Waals surface area contributed by atoms with E-state index in [1.165, 1.54) is 0 Å². The van der Waals surface area contributed by atoms with Gasteiger partial charge in [0.15, 0.2) is 12.2 Å². The lowest BCUT2D eigenvalue weighted by Gasteiger charge is -2.46. The molecule has 186 valence electrons. The van der Waals surface area contributed by atoms with Gasteiger partial charge in [0.1, 0.15) is 18.8 Å². The van der Waals surface area contributed by atoms with Gasteiger partial charge >= 0.3 is 29.8 Å². The zero-order valence-corrected chi connectivity index (χ0v) is 18.7. The van der Waals surface area contributed by atoms with E-state index >= 15 is 0 Å². The lowest BCUT2D eigenvalue weighted by molar-refractivity contribution is -0.298. The molecule has 14 heteroatoms. The summed E-state index contributed by atoms with van der Waals surface area (Å²) in [5.74, 6) is -8.96. The number of hydrogen-bond donors (Lipinski definition) is 3. The zero-order valence-electron chi connectivity index (χ0n) is 18.7. The van der Waals surface area contributed by atoms with Crippen molar-refractivity contribution in [3.8, 4) is 0 Å². The SMILES string of the molecule is CC(=O)N[C@H]1[C@H]([C@@H](OC(C)=O)[C@@H](COC(C)=O)OC(C)=O)O[C@@](O)(C(=O)O)C[C@@H]1OC(C)=O. The van der Waals surface area contributed by atoms with Crippen LogP contribution in [0.5, 0.6) is 0 Å². The van der Waals surface area contributed by atoms with Crippen LogP contribution in [0, 0.1) is 0 Å². The third-order valence-electron chi connectivity index (χ3n) is 4.35. The Bertz CT molecular complexity index is 797. The third kappa shape index (κ3) is 8.31. The number of nitrogens with one attached hydrogen (secondary N) is 1. The molecule has 0 spiro atoms. The summed E-state index contributed by atoms with van der Waals surface area (Å²) in [5, 5.41) is 22.5. The van der Waals surface area contributed by atoms with Crippen LogP contribution < -0.4 is 5.32 Å². The monoisotopic (exact) mass is 477 g/mol. The van der Waals surface area contributed by atoms with Crippen LogP contribution in [0.1, 0.15) is 41.0 Å². The summed E-state index contributed by atoms with van der Waals surface area (Å²) in [6.07, 6.45) is -7.26. The van der Waals surface area contributed by atoms with Gasteiger partial charge in [-0.3, -0.25) is 24.0 Å². The predicted molar refractivity (Wildman–Crippen MR) is 103 cm³/mol. The molecular formula is C19H27NO13. The largest absolute Gasteiger partial charge is 0.477 e. The van der Waals surface area contributed by atoms with Crippen LogP contribution in [-0.4, -0.2) is 88.8 Å². The van der Waals surface area contributed by atoms with Crippen LogP contribution in [0.4, 0.5) is 0 Å². The Morgan fingerprint density at radius 1 is 0.970 bits per heavy atom. The van der Waals surface area contributed by atoms with Crippen LogP contribution in [0.15, 0.2) is 0 Å². The predicted octanol–water partition coefficient (Wildman–Crippen LogP) is -1.59. The van der Waals surface area contributed by atoms with Gasteiger partial charge in [0.25, 0.3) is 5.79 Å². The van der Waals surface area contributed by atoms with Gasteiger partial charge in [-0.15, -0.1) is 0 Å². The summed E-state index contributed by atoms with van der Waals surface area (Å²) in [7, 11) is 0. The minimum Gasteiger partial charge on any atom is -0.477 e. The molecule has 0 aliphatic carbocycles. The van der Waals surface area contributed by atoms with Crippen molar-refractivity contribution in [1.29, 1.82) is 0 Å². The molecular weight excluding hydrogens is 450 g/mol. The molecule has 1 heterocycles. The van der Waals surface area contributed by atoms with E-state index in [0.29, 0.717) is 0 Å². The molecule has 1 amide bonds. The lowest BCUT2D eigenvalue weighted by atomic mass is 9.88. The highest BCUT2D eigenvalue weighted by molar-refractivity contribution is 5.76. The Hall–Kier alpha value is -3.26. The average molecular weight is 477 g/mol. The van der Waals surface area contributed by atoms with E-state index in [2.05, 4.69) is 5.32 Å². The van der Waals surface area contributed by atoms with E-state index in [9.17, 15) is 39.0 Å². The quantitative estimate of drug-likeness (QED) is 0.254. The molecule has 1 rings (SSSR count). The fourth-order valence-electron chi connectivity index (χ4n) is 3.26. The highest BCUT2D eigenvalue weighted by Gasteiger charge is 2.57. The average Bonchev–Trinajstić information content (AvgIpc) is 2.64. The lowest BCUT2D eigenvalue weighted by Crippen LogP contribution is -2.68. The van der Waals surface area contributed by atoms with Gasteiger partial charge < -0.3 is 39.2 Å². The summed E-state index contributed by atoms with van der Waals surface area (Å²) in [5.41, 5.74) is 0. The molecule has 0 unspecified atom stereocenters. The third-order valence-corrected chi connectivity index (χ3v) is 4.35. The van der Waals surface area contributed by atoms with E-state index in [1.807, 2.05) is 0 Å². The zero-order chi connectivity index (χ0) is 25.5. The van der Waals surface area contributed by atoms with Crippen LogP contribution >= 0.6 is 0 Å². The molecule has 0 aromatic carbocycles. The van der Waals surface area contributed by atoms with Crippen molar-refractivity contribution in [2.75, 3.05) is 6.61 Å². The van der Waals surface area contributed by atoms with Gasteiger partial charge in [-0.05, 0) is 0 Å². The topological polar surface area (TPSA) is 201 Å². The van der Waals surface area contributed by atoms with Gasteiger partial charge in [0.05, 0.1) is 12.5 Å². The summed E-state index contributed by atoms with van der Waals surface area (Å²) >= 11 is 0. The smallest absolute Gasteiger partial charge is 0.364 e. The van der Waals surface area contributed by atoms with Crippen molar-refractivity contribution in [3.63, 3.8) is 0 Å². The Morgan fingerprint density at radius 3 is 1.97 bits per heavy atom. The van der Waals surface area contributed by atoms with Crippen LogP contribution in [-0.2, 0) is 52.5 Å². The standard InChI is InChI=1S/C19H27NO13/c1-8(21)20-15-13(30-10(3)23)6-19(28,18(26)27)33-17(15)16(32-12(5)25)14(31-11(4)24)7-29-9(2)22/h13-17,28H,6-7H2,1-5H3,(H,20,21)(H,26,27)/t13-,14+,15+,16-,17+,19+/m0/s1. The Kier molecular flexibility index (Phi) is 9.73. The van der Waals surface area contributed by atoms with Crippen molar-refractivity contribution in [1.82, 2.24) is 5.32 Å². The minimum atomic E-state index is -2.94. The maximum atomic E-state index is 11.8. The number of carboxylic acids is 1. The Morgan fingerprint density at radius 2 is 1.55 bits per heavy atom. The molecule has 0 bridgehead atoms. The van der Waals surface area contributed by atoms with Crippen molar-refractivity contribution in [3.05, 3.63) is 0 Å². The number of hydrogen-bond acceptors (Lipinski definition) is 12. The van der Waals surface area contributed by atoms with Gasteiger partial charge in [-0.25, -0.2) is 4.79 Å². The number of ether oxygens (including phenoxy) is 5. The summed E-state index contributed by atoms with van der Waals surface area (Å²) < 4.78 is 25.6. The highest BCUT2D eigenvalue weighted by Crippen LogP contribution is 2.34. The van der Waals surface area contributed by atoms with Crippen molar-refractivity contribution in [2.45, 2.75) is 77.3 Å². The number of rotatable bonds is 9. The first kappa shape index (κ1) is 27.8. The van der Waals surface area contributed by atoms with Crippen LogP contribution in [0.3, 0.4) is 0 Å². The molecule has 33 heavy (non-hydrogen) atoms. The number of carboxylic acid groups (broad SMARTS) is 1. The summed E-state index contributed by atoms with van der Waals surface area (Å²) in [6, 6.07) is -1.37. The number of aliphatic carboxylic acids is 1. The van der Waals surface area contributed by atoms with E-state index in [4.69, 9.17) is 23.7 Å². The second kappa shape index (κ2) is 11.6. The second-order valence-electron chi connectivity index (χ2n) is 7.27. The van der Waals surface area contributed by atoms with E-state index in [-0.39, 0.29) is 0 Å². The normalized spacial score (nSPS) is 26.2. The van der Waals surface area contributed by atoms with Gasteiger partial charge in [0.2, 0.25) is 5.91 Å². The van der Waals surface area contributed by atoms with Gasteiger partial charge in [0, 0.05) is 34.6 Å². The molecule has 0 radical (unpaired) electrons. The summed E-state index contributed by atoms with van der Waals surface area (Å²) in [4.78, 5) is 70.0. The van der Waals surface area contributed by atoms with Gasteiger partial charge in [-0.1, -0.05) is 0 Å². The summed E-state index contributed by atoms with van der Waals surface area (Å²) in [6.45, 7) is 4.51. The van der Waals surface area contributed by atoms with Crippen molar-refractivity contribution < 1.29 is 62.7 Å². The van der Waals surface area contributed by atoms with Crippen LogP contribution in [0.2, 0.25) is 0 Å². The van der Waals surface area contributed by atoms with Crippen LogP contribution in [0.25, 0.3) is 0 Å². The van der Waals surface area contributed by atoms with Crippen molar-refractivity contribution in [2.24, 2.45) is 0 Å². The fourth-order valence-corrected chi connectivity index (χ4v) is 3.26. The molecule has 1 saturated heterocycles. The molecule has 6 atom stereocenters. The highest BCUT2D eigenvalue weighted by atomic mass is 16.7. The molecule has 14 nitrogen and oxygen atoms in total. The molecule has 0 aromatic heterocycles. The molecule has 1 aliphatic rings. The first-order valence-corrected chi connectivity index (χ1v) is 9.72. The molecule has 0 saturated carbocycles. The first-order chi connectivity index (χ1) is 15.2. The molecule has 1 aliphatic heterocycles.